The Kier molecular flexibility index (Phi) is 5.33. The van der Waals surface area contributed by atoms with Gasteiger partial charge in [-0.25, -0.2) is 4.79 Å². The minimum absolute atomic E-state index is 0.335. The van der Waals surface area contributed by atoms with Crippen LogP contribution in [0.1, 0.15) is 24.5 Å². The Morgan fingerprint density at radius 2 is 1.84 bits per heavy atom. The molecule has 0 unspecified atom stereocenters. The molecule has 1 atom stereocenters. The van der Waals surface area contributed by atoms with E-state index in [0.29, 0.717) is 5.75 Å². The zero-order chi connectivity index (χ0) is 17.6. The van der Waals surface area contributed by atoms with Crippen molar-refractivity contribution in [2.24, 2.45) is 0 Å². The molecule has 0 aliphatic heterocycles. The van der Waals surface area contributed by atoms with E-state index in [9.17, 15) is 9.59 Å². The van der Waals surface area contributed by atoms with Crippen molar-refractivity contribution in [1.29, 1.82) is 0 Å². The van der Waals surface area contributed by atoms with Gasteiger partial charge < -0.3 is 14.8 Å². The molecule has 1 aliphatic carbocycles. The van der Waals surface area contributed by atoms with Gasteiger partial charge in [0.1, 0.15) is 5.75 Å². The van der Waals surface area contributed by atoms with E-state index in [1.807, 2.05) is 36.4 Å². The third-order valence-corrected chi connectivity index (χ3v) is 4.12. The van der Waals surface area contributed by atoms with Gasteiger partial charge in [0, 0.05) is 5.69 Å². The third-order valence-electron chi connectivity index (χ3n) is 4.12. The van der Waals surface area contributed by atoms with Crippen molar-refractivity contribution >= 4 is 17.6 Å². The second-order valence-electron chi connectivity index (χ2n) is 6.07. The van der Waals surface area contributed by atoms with Crippen molar-refractivity contribution in [3.63, 3.8) is 0 Å². The van der Waals surface area contributed by atoms with Gasteiger partial charge >= 0.3 is 5.97 Å². The Morgan fingerprint density at radius 3 is 2.64 bits per heavy atom. The number of fused-ring (bicyclic) bond motifs is 1. The van der Waals surface area contributed by atoms with E-state index in [-0.39, 0.29) is 12.5 Å². The fourth-order valence-corrected chi connectivity index (χ4v) is 2.85. The summed E-state index contributed by atoms with van der Waals surface area (Å²) >= 11 is 0. The Hall–Kier alpha value is -2.82. The first-order valence-electron chi connectivity index (χ1n) is 8.42. The van der Waals surface area contributed by atoms with Gasteiger partial charge in [-0.1, -0.05) is 24.3 Å². The topological polar surface area (TPSA) is 64.6 Å². The summed E-state index contributed by atoms with van der Waals surface area (Å²) in [6.07, 6.45) is 2.52. The molecular formula is C20H21NO4. The average Bonchev–Trinajstić information content (AvgIpc) is 3.08. The van der Waals surface area contributed by atoms with Crippen LogP contribution in [0, 0.1) is 0 Å². The molecule has 1 N–H and O–H groups in total. The molecule has 25 heavy (non-hydrogen) atoms. The minimum Gasteiger partial charge on any atom is -0.479 e. The number of benzene rings is 2. The lowest BCUT2D eigenvalue weighted by Gasteiger charge is -2.14. The Bertz CT molecular complexity index is 758. The normalized spacial score (nSPS) is 13.6. The first-order valence-corrected chi connectivity index (χ1v) is 8.42. The number of carbonyl (C=O) groups excluding carboxylic acids is 2. The van der Waals surface area contributed by atoms with Crippen molar-refractivity contribution in [2.75, 3.05) is 11.9 Å². The number of hydrogen-bond donors (Lipinski definition) is 1. The van der Waals surface area contributed by atoms with Crippen molar-refractivity contribution in [2.45, 2.75) is 32.3 Å². The lowest BCUT2D eigenvalue weighted by atomic mass is 10.1. The lowest BCUT2D eigenvalue weighted by molar-refractivity contribution is -0.153. The van der Waals surface area contributed by atoms with E-state index >= 15 is 0 Å². The van der Waals surface area contributed by atoms with Crippen LogP contribution in [-0.2, 0) is 27.2 Å². The van der Waals surface area contributed by atoms with E-state index in [4.69, 9.17) is 9.47 Å². The highest BCUT2D eigenvalue weighted by atomic mass is 16.6. The van der Waals surface area contributed by atoms with Crippen LogP contribution in [0.25, 0.3) is 0 Å². The highest BCUT2D eigenvalue weighted by molar-refractivity contribution is 5.93. The van der Waals surface area contributed by atoms with Gasteiger partial charge in [-0.3, -0.25) is 4.79 Å². The molecule has 0 spiro atoms. The second-order valence-corrected chi connectivity index (χ2v) is 6.07. The molecule has 0 aromatic heterocycles. The maximum absolute atomic E-state index is 12.0. The van der Waals surface area contributed by atoms with Crippen LogP contribution < -0.4 is 10.1 Å². The van der Waals surface area contributed by atoms with Crippen molar-refractivity contribution < 1.29 is 19.1 Å². The number of rotatable bonds is 6. The molecule has 130 valence electrons. The molecule has 2 aromatic carbocycles. The highest BCUT2D eigenvalue weighted by Crippen LogP contribution is 2.24. The van der Waals surface area contributed by atoms with Gasteiger partial charge in [-0.05, 0) is 61.6 Å². The number of hydrogen-bond acceptors (Lipinski definition) is 4. The van der Waals surface area contributed by atoms with E-state index in [1.165, 1.54) is 11.1 Å². The molecule has 5 nitrogen and oxygen atoms in total. The summed E-state index contributed by atoms with van der Waals surface area (Å²) in [7, 11) is 0. The van der Waals surface area contributed by atoms with Crippen LogP contribution in [0.15, 0.2) is 48.5 Å². The van der Waals surface area contributed by atoms with Gasteiger partial charge in [0.2, 0.25) is 0 Å². The zero-order valence-corrected chi connectivity index (χ0v) is 14.2. The molecule has 0 saturated heterocycles. The number of esters is 1. The summed E-state index contributed by atoms with van der Waals surface area (Å²) < 4.78 is 10.5. The Labute approximate surface area is 147 Å². The fourth-order valence-electron chi connectivity index (χ4n) is 2.85. The third kappa shape index (κ3) is 4.59. The minimum atomic E-state index is -0.782. The number of anilines is 1. The van der Waals surface area contributed by atoms with E-state index in [2.05, 4.69) is 5.32 Å². The molecule has 0 heterocycles. The molecule has 1 amide bonds. The molecule has 3 rings (SSSR count). The standard InChI is InChI=1S/C20H21NO4/c1-14(25-18-8-3-2-4-9-18)20(23)24-13-19(22)21-17-11-10-15-6-5-7-16(15)12-17/h2-4,8-12,14H,5-7,13H2,1H3,(H,21,22)/t14-/m1/s1. The average molecular weight is 339 g/mol. The molecule has 0 radical (unpaired) electrons. The predicted octanol–water partition coefficient (Wildman–Crippen LogP) is 3.12. The van der Waals surface area contributed by atoms with E-state index < -0.39 is 12.1 Å². The van der Waals surface area contributed by atoms with Gasteiger partial charge in [0.15, 0.2) is 12.7 Å². The van der Waals surface area contributed by atoms with Gasteiger partial charge in [0.05, 0.1) is 0 Å². The van der Waals surface area contributed by atoms with Crippen LogP contribution in [0.3, 0.4) is 0 Å². The number of aryl methyl sites for hydroxylation is 2. The van der Waals surface area contributed by atoms with Crippen LogP contribution in [0.2, 0.25) is 0 Å². The quantitative estimate of drug-likeness (QED) is 0.821. The van der Waals surface area contributed by atoms with Gasteiger partial charge in [-0.15, -0.1) is 0 Å². The predicted molar refractivity (Wildman–Crippen MR) is 94.6 cm³/mol. The van der Waals surface area contributed by atoms with E-state index in [0.717, 1.165) is 24.9 Å². The summed E-state index contributed by atoms with van der Waals surface area (Å²) in [6.45, 7) is 1.26. The van der Waals surface area contributed by atoms with Crippen LogP contribution in [0.4, 0.5) is 5.69 Å². The van der Waals surface area contributed by atoms with Gasteiger partial charge in [0.25, 0.3) is 5.91 Å². The summed E-state index contributed by atoms with van der Waals surface area (Å²) in [5.74, 6) is -0.360. The number of carbonyl (C=O) groups is 2. The number of nitrogens with one attached hydrogen (secondary N) is 1. The smallest absolute Gasteiger partial charge is 0.347 e. The van der Waals surface area contributed by atoms with Crippen LogP contribution in [-0.4, -0.2) is 24.6 Å². The van der Waals surface area contributed by atoms with Crippen molar-refractivity contribution in [1.82, 2.24) is 0 Å². The number of amides is 1. The molecule has 1 aliphatic rings. The van der Waals surface area contributed by atoms with Crippen molar-refractivity contribution in [3.05, 3.63) is 59.7 Å². The lowest BCUT2D eigenvalue weighted by Crippen LogP contribution is -2.29. The second kappa shape index (κ2) is 7.83. The SMILES string of the molecule is C[C@@H](Oc1ccccc1)C(=O)OCC(=O)Nc1ccc2c(c1)CCC2. The summed E-state index contributed by atoms with van der Waals surface area (Å²) in [6, 6.07) is 14.9. The fraction of sp³-hybridized carbons (Fsp3) is 0.300. The number of ether oxygens (including phenoxy) is 2. The molecule has 5 heteroatoms. The maximum Gasteiger partial charge on any atom is 0.347 e. The van der Waals surface area contributed by atoms with E-state index in [1.54, 1.807) is 19.1 Å². The maximum atomic E-state index is 12.0. The van der Waals surface area contributed by atoms with Crippen molar-refractivity contribution in [3.8, 4) is 5.75 Å². The summed E-state index contributed by atoms with van der Waals surface area (Å²) in [4.78, 5) is 23.9. The Balaban J connectivity index is 1.46. The largest absolute Gasteiger partial charge is 0.479 e. The summed E-state index contributed by atoms with van der Waals surface area (Å²) in [5.41, 5.74) is 3.35. The van der Waals surface area contributed by atoms with Crippen LogP contribution >= 0.6 is 0 Å². The Morgan fingerprint density at radius 1 is 1.08 bits per heavy atom. The highest BCUT2D eigenvalue weighted by Gasteiger charge is 2.18. The zero-order valence-electron chi connectivity index (χ0n) is 14.2. The first kappa shape index (κ1) is 17.0. The first-order chi connectivity index (χ1) is 12.1. The van der Waals surface area contributed by atoms with Crippen LogP contribution in [0.5, 0.6) is 5.75 Å². The number of para-hydroxylation sites is 1. The molecule has 0 fully saturated rings. The molecule has 2 aromatic rings. The van der Waals surface area contributed by atoms with Gasteiger partial charge in [-0.2, -0.15) is 0 Å². The monoisotopic (exact) mass is 339 g/mol. The molecule has 0 bridgehead atoms. The molecule has 0 saturated carbocycles. The summed E-state index contributed by atoms with van der Waals surface area (Å²) in [5, 5.41) is 2.76. The molecular weight excluding hydrogens is 318 g/mol.